The van der Waals surface area contributed by atoms with Gasteiger partial charge >= 0.3 is 0 Å². The summed E-state index contributed by atoms with van der Waals surface area (Å²) in [7, 11) is 0. The van der Waals surface area contributed by atoms with Crippen LogP contribution in [0.5, 0.6) is 0 Å². The zero-order chi connectivity index (χ0) is 39.6. The molecule has 0 fully saturated rings. The van der Waals surface area contributed by atoms with Gasteiger partial charge in [-0.25, -0.2) is 15.0 Å². The minimum atomic E-state index is -0.0694. The molecule has 4 nitrogen and oxygen atoms in total. The molecule has 0 radical (unpaired) electrons. The number of hydrogen-bond donors (Lipinski definition) is 0. The maximum absolute atomic E-state index is 5.22. The fourth-order valence-electron chi connectivity index (χ4n) is 10.0. The van der Waals surface area contributed by atoms with Gasteiger partial charge in [0.05, 0.1) is 11.0 Å². The van der Waals surface area contributed by atoms with Crippen LogP contribution in [-0.2, 0) is 16.2 Å². The SMILES string of the molecule is CC1(C)CCC(C)(C)c2cc3c(cc21)c1ccccc1n3-c1ccc2ccc(-c3nc(-c4ccccc4)nc(-c4ccc5c(c4)-c4ccccc4C5(C)C)n3)cc2c1. The third-order valence-electron chi connectivity index (χ3n) is 13.5. The van der Waals surface area contributed by atoms with Crippen LogP contribution < -0.4 is 0 Å². The Morgan fingerprint density at radius 1 is 0.414 bits per heavy atom. The molecule has 9 aromatic rings. The van der Waals surface area contributed by atoms with Crippen LogP contribution in [0.4, 0.5) is 0 Å². The molecule has 7 aromatic carbocycles. The van der Waals surface area contributed by atoms with E-state index in [9.17, 15) is 0 Å². The van der Waals surface area contributed by atoms with Gasteiger partial charge in [-0.15, -0.1) is 0 Å². The predicted octanol–water partition coefficient (Wildman–Crippen LogP) is 13.8. The van der Waals surface area contributed by atoms with Gasteiger partial charge in [-0.3, -0.25) is 0 Å². The third kappa shape index (κ3) is 5.24. The predicted molar refractivity (Wildman–Crippen MR) is 241 cm³/mol. The normalized spacial score (nSPS) is 16.0. The van der Waals surface area contributed by atoms with E-state index < -0.39 is 0 Å². The summed E-state index contributed by atoms with van der Waals surface area (Å²) in [5.41, 5.74) is 14.9. The molecule has 2 aromatic heterocycles. The number of benzene rings is 7. The average molecular weight is 751 g/mol. The van der Waals surface area contributed by atoms with Crippen molar-refractivity contribution in [2.24, 2.45) is 0 Å². The summed E-state index contributed by atoms with van der Waals surface area (Å²) in [6.45, 7) is 14.3. The molecule has 0 amide bonds. The van der Waals surface area contributed by atoms with E-state index in [1.165, 1.54) is 73.4 Å². The van der Waals surface area contributed by atoms with E-state index in [4.69, 9.17) is 15.0 Å². The topological polar surface area (TPSA) is 43.6 Å². The lowest BCUT2D eigenvalue weighted by Crippen LogP contribution is -2.33. The van der Waals surface area contributed by atoms with Gasteiger partial charge in [0.1, 0.15) is 0 Å². The second-order valence-corrected chi connectivity index (χ2v) is 18.4. The Bertz CT molecular complexity index is 3150. The average Bonchev–Trinajstić information content (AvgIpc) is 3.69. The Labute approximate surface area is 340 Å². The second-order valence-electron chi connectivity index (χ2n) is 18.4. The summed E-state index contributed by atoms with van der Waals surface area (Å²) in [5, 5.41) is 4.92. The fraction of sp³-hybridized carbons (Fsp3) is 0.204. The molecule has 58 heavy (non-hydrogen) atoms. The monoisotopic (exact) mass is 750 g/mol. The molecule has 0 saturated heterocycles. The van der Waals surface area contributed by atoms with Crippen LogP contribution in [0, 0.1) is 0 Å². The minimum Gasteiger partial charge on any atom is -0.309 e. The van der Waals surface area contributed by atoms with Gasteiger partial charge in [0.25, 0.3) is 0 Å². The first-order chi connectivity index (χ1) is 28.0. The van der Waals surface area contributed by atoms with Gasteiger partial charge in [-0.1, -0.05) is 145 Å². The summed E-state index contributed by atoms with van der Waals surface area (Å²) >= 11 is 0. The lowest BCUT2D eigenvalue weighted by molar-refractivity contribution is 0.332. The van der Waals surface area contributed by atoms with Crippen LogP contribution in [0.1, 0.15) is 76.6 Å². The van der Waals surface area contributed by atoms with Gasteiger partial charge in [-0.2, -0.15) is 0 Å². The molecule has 0 saturated carbocycles. The van der Waals surface area contributed by atoms with Crippen molar-refractivity contribution < 1.29 is 0 Å². The van der Waals surface area contributed by atoms with Gasteiger partial charge in [0.2, 0.25) is 0 Å². The summed E-state index contributed by atoms with van der Waals surface area (Å²) in [6, 6.07) is 53.0. The largest absolute Gasteiger partial charge is 0.309 e. The van der Waals surface area contributed by atoms with E-state index >= 15 is 0 Å². The zero-order valence-corrected chi connectivity index (χ0v) is 34.1. The van der Waals surface area contributed by atoms with E-state index in [0.29, 0.717) is 17.5 Å². The molecule has 0 N–H and O–H groups in total. The summed E-state index contributed by atoms with van der Waals surface area (Å²) in [5.74, 6) is 1.99. The lowest BCUT2D eigenvalue weighted by Gasteiger charge is -2.42. The highest BCUT2D eigenvalue weighted by Crippen LogP contribution is 2.50. The van der Waals surface area contributed by atoms with Crippen LogP contribution in [-0.4, -0.2) is 19.5 Å². The summed E-state index contributed by atoms with van der Waals surface area (Å²) in [6.07, 6.45) is 2.38. The molecule has 2 aliphatic rings. The molecule has 2 aliphatic carbocycles. The van der Waals surface area contributed by atoms with Gasteiger partial charge in [-0.05, 0) is 110 Å². The molecule has 0 atom stereocenters. The highest BCUT2D eigenvalue weighted by Gasteiger charge is 2.38. The highest BCUT2D eigenvalue weighted by molar-refractivity contribution is 6.10. The van der Waals surface area contributed by atoms with E-state index in [1.807, 2.05) is 18.2 Å². The van der Waals surface area contributed by atoms with Gasteiger partial charge < -0.3 is 4.57 Å². The Hall–Kier alpha value is -6.39. The standard InChI is InChI=1S/C54H46N4/c1-52(2)26-27-53(3,4)46-32-48-42(31-45(46)52)40-17-11-13-19-47(40)58(48)38-24-22-33-20-21-35(28-37(33)29-38)50-55-49(34-14-8-7-9-15-34)56-51(57-50)36-23-25-44-41(30-36)39-16-10-12-18-43(39)54(44,5)6/h7-25,28-32H,26-27H2,1-6H3. The van der Waals surface area contributed by atoms with E-state index in [2.05, 4.69) is 174 Å². The van der Waals surface area contributed by atoms with Crippen LogP contribution in [0.25, 0.3) is 83.6 Å². The van der Waals surface area contributed by atoms with Crippen molar-refractivity contribution in [3.63, 3.8) is 0 Å². The fourth-order valence-corrected chi connectivity index (χ4v) is 10.0. The number of fused-ring (bicyclic) bond motifs is 8. The first kappa shape index (κ1) is 34.8. The molecule has 2 heterocycles. The molecule has 0 spiro atoms. The molecule has 282 valence electrons. The first-order valence-electron chi connectivity index (χ1n) is 20.7. The van der Waals surface area contributed by atoms with Crippen molar-refractivity contribution in [1.29, 1.82) is 0 Å². The van der Waals surface area contributed by atoms with Crippen molar-refractivity contribution in [2.75, 3.05) is 0 Å². The number of rotatable bonds is 4. The number of aromatic nitrogens is 4. The summed E-state index contributed by atoms with van der Waals surface area (Å²) < 4.78 is 2.47. The molecule has 4 heteroatoms. The molecule has 0 aliphatic heterocycles. The number of para-hydroxylation sites is 1. The van der Waals surface area contributed by atoms with Crippen molar-refractivity contribution in [3.05, 3.63) is 168 Å². The second kappa shape index (κ2) is 12.3. The Balaban J connectivity index is 1.07. The molecule has 0 unspecified atom stereocenters. The van der Waals surface area contributed by atoms with Crippen LogP contribution in [0.15, 0.2) is 146 Å². The lowest BCUT2D eigenvalue weighted by atomic mass is 9.63. The van der Waals surface area contributed by atoms with Crippen molar-refractivity contribution in [3.8, 4) is 51.0 Å². The van der Waals surface area contributed by atoms with Gasteiger partial charge in [0.15, 0.2) is 17.5 Å². The van der Waals surface area contributed by atoms with Crippen molar-refractivity contribution >= 4 is 32.6 Å². The Morgan fingerprint density at radius 2 is 1.02 bits per heavy atom. The third-order valence-corrected chi connectivity index (χ3v) is 13.5. The smallest absolute Gasteiger partial charge is 0.164 e. The van der Waals surface area contributed by atoms with Gasteiger partial charge in [0, 0.05) is 38.6 Å². The minimum absolute atomic E-state index is 0.0694. The maximum atomic E-state index is 5.22. The van der Waals surface area contributed by atoms with E-state index in [0.717, 1.165) is 27.8 Å². The highest BCUT2D eigenvalue weighted by atomic mass is 15.0. The van der Waals surface area contributed by atoms with E-state index in [-0.39, 0.29) is 16.2 Å². The molecular weight excluding hydrogens is 705 g/mol. The quantitative estimate of drug-likeness (QED) is 0.180. The number of nitrogens with zero attached hydrogens (tertiary/aromatic N) is 4. The van der Waals surface area contributed by atoms with Crippen LogP contribution in [0.3, 0.4) is 0 Å². The molecule has 11 rings (SSSR count). The van der Waals surface area contributed by atoms with Crippen LogP contribution in [0.2, 0.25) is 0 Å². The van der Waals surface area contributed by atoms with Crippen LogP contribution >= 0.6 is 0 Å². The molecular formula is C54H46N4. The summed E-state index contributed by atoms with van der Waals surface area (Å²) in [4.78, 5) is 15.5. The van der Waals surface area contributed by atoms with E-state index in [1.54, 1.807) is 0 Å². The van der Waals surface area contributed by atoms with Crippen molar-refractivity contribution in [2.45, 2.75) is 70.6 Å². The molecule has 0 bridgehead atoms. The Kier molecular flexibility index (Phi) is 7.39. The van der Waals surface area contributed by atoms with Crippen molar-refractivity contribution in [1.82, 2.24) is 19.5 Å². The zero-order valence-electron chi connectivity index (χ0n) is 34.1. The maximum Gasteiger partial charge on any atom is 0.164 e. The number of hydrogen-bond acceptors (Lipinski definition) is 3. The first-order valence-corrected chi connectivity index (χ1v) is 20.7. The Morgan fingerprint density at radius 3 is 1.79 bits per heavy atom.